The molecule has 0 saturated carbocycles. The Bertz CT molecular complexity index is 933. The van der Waals surface area contributed by atoms with Crippen LogP contribution < -0.4 is 9.04 Å². The fraction of sp³-hybridized carbons (Fsp3) is 0.350. The molecule has 0 bridgehead atoms. The zero-order valence-corrected chi connectivity index (χ0v) is 16.6. The van der Waals surface area contributed by atoms with Gasteiger partial charge in [-0.1, -0.05) is 6.07 Å². The second kappa shape index (κ2) is 7.60. The summed E-state index contributed by atoms with van der Waals surface area (Å²) in [5, 5.41) is 0. The molecule has 1 aliphatic heterocycles. The number of methoxy groups -OCH3 is 1. The van der Waals surface area contributed by atoms with Crippen LogP contribution in [0.3, 0.4) is 0 Å². The molecule has 0 radical (unpaired) electrons. The number of carbonyl (C=O) groups excluding carboxylic acids is 1. The number of hydrogen-bond acceptors (Lipinski definition) is 4. The summed E-state index contributed by atoms with van der Waals surface area (Å²) in [6.07, 6.45) is 2.02. The number of aryl methyl sites for hydroxylation is 1. The molecule has 1 aliphatic rings. The van der Waals surface area contributed by atoms with Gasteiger partial charge in [0.15, 0.2) is 0 Å². The predicted octanol–water partition coefficient (Wildman–Crippen LogP) is 3.06. The highest BCUT2D eigenvalue weighted by molar-refractivity contribution is 7.92. The van der Waals surface area contributed by atoms with Gasteiger partial charge in [0.05, 0.1) is 17.7 Å². The van der Waals surface area contributed by atoms with E-state index in [0.717, 1.165) is 31.5 Å². The SMILES string of the molecule is COc1ccc(S(=O)(=O)N(C)c2cc(C(=O)N3CCCC3)ccc2C)cc1. The number of benzene rings is 2. The topological polar surface area (TPSA) is 66.9 Å². The number of amides is 1. The lowest BCUT2D eigenvalue weighted by atomic mass is 10.1. The Balaban J connectivity index is 1.93. The van der Waals surface area contributed by atoms with E-state index in [1.54, 1.807) is 30.3 Å². The van der Waals surface area contributed by atoms with Crippen LogP contribution in [0.15, 0.2) is 47.4 Å². The number of carbonyl (C=O) groups is 1. The van der Waals surface area contributed by atoms with Crippen molar-refractivity contribution in [3.8, 4) is 5.75 Å². The number of anilines is 1. The number of ether oxygens (including phenoxy) is 1. The Labute approximate surface area is 160 Å². The van der Waals surface area contributed by atoms with Crippen LogP contribution in [0.2, 0.25) is 0 Å². The highest BCUT2D eigenvalue weighted by Gasteiger charge is 2.25. The predicted molar refractivity (Wildman–Crippen MR) is 105 cm³/mol. The molecular weight excluding hydrogens is 364 g/mol. The second-order valence-corrected chi connectivity index (χ2v) is 8.62. The highest BCUT2D eigenvalue weighted by atomic mass is 32.2. The van der Waals surface area contributed by atoms with Crippen LogP contribution in [0.5, 0.6) is 5.75 Å². The first-order chi connectivity index (χ1) is 12.8. The van der Waals surface area contributed by atoms with E-state index in [2.05, 4.69) is 0 Å². The lowest BCUT2D eigenvalue weighted by Gasteiger charge is -2.23. The van der Waals surface area contributed by atoms with Crippen LogP contribution in [-0.2, 0) is 10.0 Å². The Morgan fingerprint density at radius 2 is 1.70 bits per heavy atom. The maximum Gasteiger partial charge on any atom is 0.264 e. The Morgan fingerprint density at radius 3 is 2.30 bits per heavy atom. The number of hydrogen-bond donors (Lipinski definition) is 0. The van der Waals surface area contributed by atoms with Crippen molar-refractivity contribution in [2.45, 2.75) is 24.7 Å². The van der Waals surface area contributed by atoms with E-state index in [-0.39, 0.29) is 10.8 Å². The van der Waals surface area contributed by atoms with E-state index in [1.807, 2.05) is 11.8 Å². The normalized spacial score (nSPS) is 14.3. The molecule has 1 fully saturated rings. The summed E-state index contributed by atoms with van der Waals surface area (Å²) in [6, 6.07) is 11.5. The van der Waals surface area contributed by atoms with Gasteiger partial charge in [0.2, 0.25) is 0 Å². The maximum atomic E-state index is 13.0. The minimum absolute atomic E-state index is 0.0519. The van der Waals surface area contributed by atoms with E-state index in [9.17, 15) is 13.2 Å². The van der Waals surface area contributed by atoms with Crippen LogP contribution in [-0.4, -0.2) is 46.5 Å². The third-order valence-corrected chi connectivity index (χ3v) is 6.69. The second-order valence-electron chi connectivity index (χ2n) is 6.65. The third-order valence-electron chi connectivity index (χ3n) is 4.91. The molecule has 0 aromatic heterocycles. The van der Waals surface area contributed by atoms with Gasteiger partial charge in [-0.05, 0) is 61.7 Å². The molecule has 27 heavy (non-hydrogen) atoms. The lowest BCUT2D eigenvalue weighted by molar-refractivity contribution is 0.0793. The van der Waals surface area contributed by atoms with Gasteiger partial charge in [-0.25, -0.2) is 8.42 Å². The summed E-state index contributed by atoms with van der Waals surface area (Å²) in [5.74, 6) is 0.537. The Kier molecular flexibility index (Phi) is 5.41. The van der Waals surface area contributed by atoms with Crippen molar-refractivity contribution in [2.75, 3.05) is 31.6 Å². The first kappa shape index (κ1) is 19.2. The lowest BCUT2D eigenvalue weighted by Crippen LogP contribution is -2.29. The average molecular weight is 388 g/mol. The summed E-state index contributed by atoms with van der Waals surface area (Å²) in [6.45, 7) is 3.34. The summed E-state index contributed by atoms with van der Waals surface area (Å²) < 4.78 is 32.3. The van der Waals surface area contributed by atoms with Crippen molar-refractivity contribution in [3.05, 3.63) is 53.6 Å². The fourth-order valence-electron chi connectivity index (χ4n) is 3.22. The number of nitrogens with zero attached hydrogens (tertiary/aromatic N) is 2. The number of likely N-dealkylation sites (tertiary alicyclic amines) is 1. The molecule has 1 amide bonds. The summed E-state index contributed by atoms with van der Waals surface area (Å²) in [7, 11) is -0.713. The summed E-state index contributed by atoms with van der Waals surface area (Å²) in [5.41, 5.74) is 1.79. The van der Waals surface area contributed by atoms with E-state index < -0.39 is 10.0 Å². The first-order valence-corrected chi connectivity index (χ1v) is 10.3. The van der Waals surface area contributed by atoms with Gasteiger partial charge in [-0.2, -0.15) is 0 Å². The van der Waals surface area contributed by atoms with E-state index in [0.29, 0.717) is 17.0 Å². The average Bonchev–Trinajstić information content (AvgIpc) is 3.22. The van der Waals surface area contributed by atoms with Crippen LogP contribution in [0, 0.1) is 6.92 Å². The molecule has 7 heteroatoms. The molecule has 0 atom stereocenters. The molecule has 0 aliphatic carbocycles. The Morgan fingerprint density at radius 1 is 1.07 bits per heavy atom. The van der Waals surface area contributed by atoms with E-state index >= 15 is 0 Å². The molecule has 0 N–H and O–H groups in total. The van der Waals surface area contributed by atoms with E-state index in [4.69, 9.17) is 4.74 Å². The molecule has 0 unspecified atom stereocenters. The zero-order chi connectivity index (χ0) is 19.6. The molecular formula is C20H24N2O4S. The largest absolute Gasteiger partial charge is 0.497 e. The minimum atomic E-state index is -3.75. The van der Waals surface area contributed by atoms with Gasteiger partial charge in [0.1, 0.15) is 5.75 Å². The van der Waals surface area contributed by atoms with Crippen LogP contribution in [0.25, 0.3) is 0 Å². The van der Waals surface area contributed by atoms with Crippen LogP contribution >= 0.6 is 0 Å². The summed E-state index contributed by atoms with van der Waals surface area (Å²) in [4.78, 5) is 14.6. The molecule has 3 rings (SSSR count). The van der Waals surface area contributed by atoms with Crippen molar-refractivity contribution in [2.24, 2.45) is 0 Å². The van der Waals surface area contributed by atoms with E-state index in [1.165, 1.54) is 30.6 Å². The number of rotatable bonds is 5. The molecule has 1 heterocycles. The van der Waals surface area contributed by atoms with Crippen molar-refractivity contribution >= 4 is 21.6 Å². The molecule has 6 nitrogen and oxygen atoms in total. The fourth-order valence-corrected chi connectivity index (χ4v) is 4.47. The van der Waals surface area contributed by atoms with Gasteiger partial charge in [-0.3, -0.25) is 9.10 Å². The van der Waals surface area contributed by atoms with Gasteiger partial charge in [-0.15, -0.1) is 0 Å². The highest BCUT2D eigenvalue weighted by Crippen LogP contribution is 2.28. The monoisotopic (exact) mass is 388 g/mol. The van der Waals surface area contributed by atoms with Crippen molar-refractivity contribution in [1.82, 2.24) is 4.90 Å². The van der Waals surface area contributed by atoms with Crippen molar-refractivity contribution in [1.29, 1.82) is 0 Å². The standard InChI is InChI=1S/C20H24N2O4S/c1-15-6-7-16(20(23)22-12-4-5-13-22)14-19(15)21(2)27(24,25)18-10-8-17(26-3)9-11-18/h6-11,14H,4-5,12-13H2,1-3H3. The third kappa shape index (κ3) is 3.78. The van der Waals surface area contributed by atoms with Crippen LogP contribution in [0.1, 0.15) is 28.8 Å². The molecule has 2 aromatic rings. The van der Waals surface area contributed by atoms with Crippen LogP contribution in [0.4, 0.5) is 5.69 Å². The minimum Gasteiger partial charge on any atom is -0.497 e. The summed E-state index contributed by atoms with van der Waals surface area (Å²) >= 11 is 0. The van der Waals surface area contributed by atoms with Gasteiger partial charge < -0.3 is 9.64 Å². The molecule has 2 aromatic carbocycles. The van der Waals surface area contributed by atoms with Crippen molar-refractivity contribution in [3.63, 3.8) is 0 Å². The van der Waals surface area contributed by atoms with Gasteiger partial charge in [0.25, 0.3) is 15.9 Å². The van der Waals surface area contributed by atoms with Gasteiger partial charge in [0, 0.05) is 25.7 Å². The Hall–Kier alpha value is -2.54. The zero-order valence-electron chi connectivity index (χ0n) is 15.8. The smallest absolute Gasteiger partial charge is 0.264 e. The quantitative estimate of drug-likeness (QED) is 0.790. The number of sulfonamides is 1. The maximum absolute atomic E-state index is 13.0. The first-order valence-electron chi connectivity index (χ1n) is 8.87. The van der Waals surface area contributed by atoms with Gasteiger partial charge >= 0.3 is 0 Å². The molecule has 144 valence electrons. The van der Waals surface area contributed by atoms with Crippen molar-refractivity contribution < 1.29 is 17.9 Å². The molecule has 1 saturated heterocycles. The molecule has 0 spiro atoms.